The summed E-state index contributed by atoms with van der Waals surface area (Å²) in [6.45, 7) is 0. The predicted molar refractivity (Wildman–Crippen MR) is 250 cm³/mol. The Bertz CT molecular complexity index is 3310. The molecule has 3 aromatic heterocycles. The van der Waals surface area contributed by atoms with Crippen LogP contribution in [-0.4, -0.2) is 29.9 Å². The van der Waals surface area contributed by atoms with Crippen LogP contribution in [0.15, 0.2) is 206 Å². The van der Waals surface area contributed by atoms with Crippen LogP contribution in [0.2, 0.25) is 0 Å². The molecular formula is C54H34N6S. The van der Waals surface area contributed by atoms with Gasteiger partial charge in [-0.25, -0.2) is 29.9 Å². The van der Waals surface area contributed by atoms with Gasteiger partial charge in [0.1, 0.15) is 0 Å². The second kappa shape index (κ2) is 15.6. The molecule has 8 aromatic carbocycles. The molecule has 0 fully saturated rings. The van der Waals surface area contributed by atoms with Crippen LogP contribution < -0.4 is 0 Å². The summed E-state index contributed by atoms with van der Waals surface area (Å²) in [5.74, 6) is 3.78. The lowest BCUT2D eigenvalue weighted by Gasteiger charge is -2.11. The minimum atomic E-state index is 0.619. The van der Waals surface area contributed by atoms with Crippen LogP contribution in [0.3, 0.4) is 0 Å². The first-order chi connectivity index (χ1) is 30.2. The van der Waals surface area contributed by atoms with Crippen molar-refractivity contribution >= 4 is 31.5 Å². The lowest BCUT2D eigenvalue weighted by atomic mass is 9.97. The Hall–Kier alpha value is -8.00. The third-order valence-electron chi connectivity index (χ3n) is 10.8. The van der Waals surface area contributed by atoms with E-state index in [2.05, 4.69) is 115 Å². The first kappa shape index (κ1) is 36.1. The molecule has 0 unspecified atom stereocenters. The minimum Gasteiger partial charge on any atom is -0.208 e. The molecule has 61 heavy (non-hydrogen) atoms. The summed E-state index contributed by atoms with van der Waals surface area (Å²) >= 11 is 1.79. The molecule has 0 bridgehead atoms. The average Bonchev–Trinajstić information content (AvgIpc) is 3.73. The number of nitrogens with zero attached hydrogens (tertiary/aromatic N) is 6. The summed E-state index contributed by atoms with van der Waals surface area (Å²) in [5, 5.41) is 2.50. The van der Waals surface area contributed by atoms with Gasteiger partial charge in [-0.2, -0.15) is 0 Å². The van der Waals surface area contributed by atoms with Crippen molar-refractivity contribution in [3.63, 3.8) is 0 Å². The van der Waals surface area contributed by atoms with Crippen molar-refractivity contribution in [3.8, 4) is 90.6 Å². The summed E-state index contributed by atoms with van der Waals surface area (Å²) in [7, 11) is 0. The van der Waals surface area contributed by atoms with Crippen molar-refractivity contribution in [1.82, 2.24) is 29.9 Å². The van der Waals surface area contributed by atoms with Gasteiger partial charge in [0, 0.05) is 53.6 Å². The highest BCUT2D eigenvalue weighted by molar-refractivity contribution is 7.25. The van der Waals surface area contributed by atoms with Crippen LogP contribution in [-0.2, 0) is 0 Å². The number of hydrogen-bond acceptors (Lipinski definition) is 7. The first-order valence-electron chi connectivity index (χ1n) is 20.1. The van der Waals surface area contributed by atoms with E-state index in [1.54, 1.807) is 11.3 Å². The van der Waals surface area contributed by atoms with Crippen LogP contribution in [0.4, 0.5) is 0 Å². The molecule has 0 N–H and O–H groups in total. The molecule has 11 aromatic rings. The molecule has 0 amide bonds. The monoisotopic (exact) mass is 798 g/mol. The Labute approximate surface area is 356 Å². The second-order valence-electron chi connectivity index (χ2n) is 14.8. The highest BCUT2D eigenvalue weighted by Gasteiger charge is 2.16. The van der Waals surface area contributed by atoms with Crippen LogP contribution in [0.25, 0.3) is 111 Å². The van der Waals surface area contributed by atoms with Gasteiger partial charge in [-0.15, -0.1) is 11.3 Å². The van der Waals surface area contributed by atoms with Gasteiger partial charge in [0.25, 0.3) is 0 Å². The van der Waals surface area contributed by atoms with E-state index in [4.69, 9.17) is 29.9 Å². The fourth-order valence-electron chi connectivity index (χ4n) is 7.71. The number of rotatable bonds is 8. The number of hydrogen-bond donors (Lipinski definition) is 0. The Kier molecular flexibility index (Phi) is 9.26. The van der Waals surface area contributed by atoms with E-state index in [1.807, 2.05) is 91.0 Å². The van der Waals surface area contributed by atoms with E-state index in [1.165, 1.54) is 20.2 Å². The number of fused-ring (bicyclic) bond motifs is 3. The molecule has 0 aliphatic heterocycles. The quantitative estimate of drug-likeness (QED) is 0.152. The van der Waals surface area contributed by atoms with Gasteiger partial charge in [0.05, 0.1) is 0 Å². The van der Waals surface area contributed by atoms with Gasteiger partial charge in [0.2, 0.25) is 0 Å². The molecule has 0 aliphatic carbocycles. The maximum Gasteiger partial charge on any atom is 0.164 e. The summed E-state index contributed by atoms with van der Waals surface area (Å²) in [6.07, 6.45) is 0. The van der Waals surface area contributed by atoms with Crippen molar-refractivity contribution in [2.45, 2.75) is 0 Å². The van der Waals surface area contributed by atoms with Gasteiger partial charge >= 0.3 is 0 Å². The van der Waals surface area contributed by atoms with E-state index in [-0.39, 0.29) is 0 Å². The number of benzene rings is 8. The van der Waals surface area contributed by atoms with Gasteiger partial charge in [0.15, 0.2) is 34.9 Å². The van der Waals surface area contributed by atoms with Gasteiger partial charge < -0.3 is 0 Å². The fourth-order valence-corrected chi connectivity index (χ4v) is 8.85. The molecule has 0 atom stereocenters. The zero-order valence-electron chi connectivity index (χ0n) is 32.7. The van der Waals surface area contributed by atoms with Crippen molar-refractivity contribution < 1.29 is 0 Å². The zero-order chi connectivity index (χ0) is 40.5. The lowest BCUT2D eigenvalue weighted by molar-refractivity contribution is 1.07. The Balaban J connectivity index is 0.956. The molecule has 11 rings (SSSR count). The lowest BCUT2D eigenvalue weighted by Crippen LogP contribution is -2.00. The summed E-state index contributed by atoms with van der Waals surface area (Å²) in [6, 6.07) is 70.7. The summed E-state index contributed by atoms with van der Waals surface area (Å²) in [5.41, 5.74) is 9.86. The largest absolute Gasteiger partial charge is 0.208 e. The van der Waals surface area contributed by atoms with Crippen molar-refractivity contribution in [1.29, 1.82) is 0 Å². The van der Waals surface area contributed by atoms with E-state index in [0.29, 0.717) is 34.9 Å². The van der Waals surface area contributed by atoms with Crippen molar-refractivity contribution in [2.75, 3.05) is 0 Å². The van der Waals surface area contributed by atoms with E-state index in [0.717, 1.165) is 55.6 Å². The maximum atomic E-state index is 5.12. The van der Waals surface area contributed by atoms with Gasteiger partial charge in [-0.1, -0.05) is 176 Å². The Morgan fingerprint density at radius 1 is 0.213 bits per heavy atom. The van der Waals surface area contributed by atoms with Crippen molar-refractivity contribution in [2.24, 2.45) is 0 Å². The molecule has 6 nitrogen and oxygen atoms in total. The summed E-state index contributed by atoms with van der Waals surface area (Å²) < 4.78 is 2.47. The van der Waals surface area contributed by atoms with Gasteiger partial charge in [-0.05, 0) is 52.6 Å². The van der Waals surface area contributed by atoms with Gasteiger partial charge in [-0.3, -0.25) is 0 Å². The number of thiophene rings is 1. The molecule has 0 aliphatic rings. The smallest absolute Gasteiger partial charge is 0.164 e. The highest BCUT2D eigenvalue weighted by Crippen LogP contribution is 2.37. The van der Waals surface area contributed by atoms with Crippen LogP contribution >= 0.6 is 11.3 Å². The Morgan fingerprint density at radius 2 is 0.525 bits per heavy atom. The molecule has 286 valence electrons. The standard InChI is InChI=1S/C54H34N6S/c1-4-15-35(16-5-1)49-55-50(36-17-6-2-7-18-36)57-52(56-49)42-25-13-23-40(32-42)38-21-12-22-39(31-38)41-24-14-26-43(33-41)53-58-51(37-19-8-3-9-20-37)59-54(60-53)44-29-30-46-45-27-10-11-28-47(45)61-48(46)34-44/h1-34H. The maximum absolute atomic E-state index is 5.12. The van der Waals surface area contributed by atoms with Crippen LogP contribution in [0.1, 0.15) is 0 Å². The van der Waals surface area contributed by atoms with Crippen LogP contribution in [0, 0.1) is 0 Å². The van der Waals surface area contributed by atoms with Crippen LogP contribution in [0.5, 0.6) is 0 Å². The normalized spacial score (nSPS) is 11.3. The third kappa shape index (κ3) is 7.24. The molecule has 0 radical (unpaired) electrons. The number of aromatic nitrogens is 6. The SMILES string of the molecule is c1ccc(-c2nc(-c3ccccc3)nc(-c3cccc(-c4cccc(-c5cccc(-c6nc(-c7ccccc7)nc(-c7ccc8c(c7)sc7ccccc78)n6)c5)c4)c3)n2)cc1. The zero-order valence-corrected chi connectivity index (χ0v) is 33.5. The molecule has 0 spiro atoms. The molecule has 7 heteroatoms. The Morgan fingerprint density at radius 3 is 0.967 bits per heavy atom. The second-order valence-corrected chi connectivity index (χ2v) is 15.8. The van der Waals surface area contributed by atoms with E-state index >= 15 is 0 Å². The molecule has 3 heterocycles. The predicted octanol–water partition coefficient (Wildman–Crippen LogP) is 13.8. The highest BCUT2D eigenvalue weighted by atomic mass is 32.1. The third-order valence-corrected chi connectivity index (χ3v) is 11.9. The first-order valence-corrected chi connectivity index (χ1v) is 20.9. The average molecular weight is 799 g/mol. The van der Waals surface area contributed by atoms with E-state index in [9.17, 15) is 0 Å². The molecular weight excluding hydrogens is 765 g/mol. The summed E-state index contributed by atoms with van der Waals surface area (Å²) in [4.78, 5) is 30.0. The topological polar surface area (TPSA) is 77.3 Å². The molecule has 0 saturated heterocycles. The fraction of sp³-hybridized carbons (Fsp3) is 0. The van der Waals surface area contributed by atoms with Crippen molar-refractivity contribution in [3.05, 3.63) is 206 Å². The van der Waals surface area contributed by atoms with E-state index < -0.39 is 0 Å². The minimum absolute atomic E-state index is 0.619. The molecule has 0 saturated carbocycles.